The van der Waals surface area contributed by atoms with Gasteiger partial charge >= 0.3 is 0 Å². The monoisotopic (exact) mass is 233 g/mol. The van der Waals surface area contributed by atoms with Gasteiger partial charge in [0.2, 0.25) is 0 Å². The molecular weight excluding hydrogens is 217 g/mol. The van der Waals surface area contributed by atoms with Crippen molar-refractivity contribution in [1.82, 2.24) is 4.90 Å². The third-order valence-electron chi connectivity index (χ3n) is 2.48. The summed E-state index contributed by atoms with van der Waals surface area (Å²) in [7, 11) is 0. The molecule has 90 valence electrons. The highest BCUT2D eigenvalue weighted by atomic mass is 19.1. The van der Waals surface area contributed by atoms with Gasteiger partial charge in [0.15, 0.2) is 0 Å². The van der Waals surface area contributed by atoms with Crippen LogP contribution in [0.15, 0.2) is 18.2 Å². The Hall–Kier alpha value is -1.82. The molecule has 0 bridgehead atoms. The number of terminal acetylenes is 1. The average molecular weight is 233 g/mol. The molecule has 1 rings (SSSR count). The van der Waals surface area contributed by atoms with Crippen LogP contribution in [0.25, 0.3) is 0 Å². The van der Waals surface area contributed by atoms with Crippen molar-refractivity contribution in [2.45, 2.75) is 20.3 Å². The normalized spacial score (nSPS) is 9.76. The molecule has 0 fully saturated rings. The molecule has 0 aliphatic carbocycles. The fourth-order valence-corrected chi connectivity index (χ4v) is 1.67. The van der Waals surface area contributed by atoms with Crippen LogP contribution < -0.4 is 0 Å². The number of hydrogen-bond donors (Lipinski definition) is 0. The van der Waals surface area contributed by atoms with E-state index >= 15 is 0 Å². The molecule has 3 heteroatoms. The summed E-state index contributed by atoms with van der Waals surface area (Å²) in [6, 6.07) is 4.15. The quantitative estimate of drug-likeness (QED) is 0.732. The van der Waals surface area contributed by atoms with Gasteiger partial charge in [0.1, 0.15) is 5.82 Å². The molecule has 1 amide bonds. The maximum atomic E-state index is 13.0. The van der Waals surface area contributed by atoms with E-state index in [2.05, 4.69) is 5.92 Å². The van der Waals surface area contributed by atoms with Gasteiger partial charge in [-0.15, -0.1) is 6.42 Å². The number of nitrogens with zero attached hydrogens (tertiary/aromatic N) is 1. The number of carbonyl (C=O) groups is 1. The van der Waals surface area contributed by atoms with Crippen molar-refractivity contribution < 1.29 is 9.18 Å². The fraction of sp³-hybridized carbons (Fsp3) is 0.357. The van der Waals surface area contributed by atoms with E-state index in [4.69, 9.17) is 6.42 Å². The van der Waals surface area contributed by atoms with E-state index < -0.39 is 0 Å². The van der Waals surface area contributed by atoms with Crippen molar-refractivity contribution in [3.63, 3.8) is 0 Å². The number of carbonyl (C=O) groups excluding carboxylic acids is 1. The third kappa shape index (κ3) is 3.32. The molecule has 0 aliphatic heterocycles. The zero-order valence-electron chi connectivity index (χ0n) is 10.2. The summed E-state index contributed by atoms with van der Waals surface area (Å²) < 4.78 is 13.0. The number of aryl methyl sites for hydroxylation is 1. The zero-order chi connectivity index (χ0) is 12.8. The number of hydrogen-bond acceptors (Lipinski definition) is 1. The first-order chi connectivity index (χ1) is 8.10. The molecule has 0 saturated heterocycles. The van der Waals surface area contributed by atoms with Crippen LogP contribution in [0.1, 0.15) is 29.3 Å². The summed E-state index contributed by atoms with van der Waals surface area (Å²) in [4.78, 5) is 13.8. The SMILES string of the molecule is C#CCN(CCC)C(=O)c1ccc(F)cc1C. The number of halogens is 1. The van der Waals surface area contributed by atoms with Crippen molar-refractivity contribution in [3.05, 3.63) is 35.1 Å². The predicted molar refractivity (Wildman–Crippen MR) is 66.2 cm³/mol. The van der Waals surface area contributed by atoms with Crippen LogP contribution in [-0.2, 0) is 0 Å². The van der Waals surface area contributed by atoms with Crippen LogP contribution in [-0.4, -0.2) is 23.9 Å². The Bertz CT molecular complexity index is 448. The number of benzene rings is 1. The molecule has 0 aromatic heterocycles. The molecule has 0 N–H and O–H groups in total. The highest BCUT2D eigenvalue weighted by Gasteiger charge is 2.16. The van der Waals surface area contributed by atoms with E-state index in [9.17, 15) is 9.18 Å². The Balaban J connectivity index is 2.97. The molecular formula is C14H16FNO. The van der Waals surface area contributed by atoms with E-state index in [1.165, 1.54) is 18.2 Å². The van der Waals surface area contributed by atoms with Crippen LogP contribution in [0.3, 0.4) is 0 Å². The predicted octanol–water partition coefficient (Wildman–Crippen LogP) is 2.62. The minimum absolute atomic E-state index is 0.137. The summed E-state index contributed by atoms with van der Waals surface area (Å²) in [5.41, 5.74) is 1.14. The lowest BCUT2D eigenvalue weighted by molar-refractivity contribution is 0.0776. The van der Waals surface area contributed by atoms with Gasteiger partial charge < -0.3 is 4.90 Å². The van der Waals surface area contributed by atoms with Crippen molar-refractivity contribution >= 4 is 5.91 Å². The summed E-state index contributed by atoms with van der Waals surface area (Å²) in [6.45, 7) is 4.59. The minimum atomic E-state index is -0.335. The zero-order valence-corrected chi connectivity index (χ0v) is 10.2. The lowest BCUT2D eigenvalue weighted by Crippen LogP contribution is -2.32. The lowest BCUT2D eigenvalue weighted by Gasteiger charge is -2.20. The van der Waals surface area contributed by atoms with Gasteiger partial charge in [-0.3, -0.25) is 4.79 Å². The highest BCUT2D eigenvalue weighted by Crippen LogP contribution is 2.13. The van der Waals surface area contributed by atoms with Crippen LogP contribution in [0.4, 0.5) is 4.39 Å². The van der Waals surface area contributed by atoms with Crippen LogP contribution in [0.2, 0.25) is 0 Å². The average Bonchev–Trinajstić information content (AvgIpc) is 2.28. The molecule has 0 spiro atoms. The van der Waals surface area contributed by atoms with Gasteiger partial charge in [-0.2, -0.15) is 0 Å². The molecule has 0 saturated carbocycles. The topological polar surface area (TPSA) is 20.3 Å². The summed E-state index contributed by atoms with van der Waals surface area (Å²) >= 11 is 0. The Morgan fingerprint density at radius 1 is 1.53 bits per heavy atom. The summed E-state index contributed by atoms with van der Waals surface area (Å²) in [5.74, 6) is 1.99. The van der Waals surface area contributed by atoms with Gasteiger partial charge in [0.25, 0.3) is 5.91 Å². The molecule has 1 aromatic carbocycles. The van der Waals surface area contributed by atoms with E-state index in [1.807, 2.05) is 6.92 Å². The standard InChI is InChI=1S/C14H16FNO/c1-4-8-16(9-5-2)14(17)13-7-6-12(15)10-11(13)3/h1,6-7,10H,5,8-9H2,2-3H3. The second kappa shape index (κ2) is 6.05. The lowest BCUT2D eigenvalue weighted by atomic mass is 10.1. The number of amides is 1. The second-order valence-electron chi connectivity index (χ2n) is 3.89. The van der Waals surface area contributed by atoms with Crippen LogP contribution >= 0.6 is 0 Å². The van der Waals surface area contributed by atoms with E-state index in [0.717, 1.165) is 6.42 Å². The first-order valence-corrected chi connectivity index (χ1v) is 5.59. The van der Waals surface area contributed by atoms with Crippen molar-refractivity contribution in [2.75, 3.05) is 13.1 Å². The fourth-order valence-electron chi connectivity index (χ4n) is 1.67. The van der Waals surface area contributed by atoms with Gasteiger partial charge in [-0.05, 0) is 37.1 Å². The smallest absolute Gasteiger partial charge is 0.254 e. The molecule has 0 aliphatic rings. The largest absolute Gasteiger partial charge is 0.328 e. The van der Waals surface area contributed by atoms with Gasteiger partial charge in [0, 0.05) is 12.1 Å². The Labute approximate surface area is 101 Å². The van der Waals surface area contributed by atoms with Crippen molar-refractivity contribution in [3.8, 4) is 12.3 Å². The second-order valence-corrected chi connectivity index (χ2v) is 3.89. The van der Waals surface area contributed by atoms with Gasteiger partial charge in [0.05, 0.1) is 6.54 Å². The maximum absolute atomic E-state index is 13.0. The molecule has 0 radical (unpaired) electrons. The summed E-state index contributed by atoms with van der Waals surface area (Å²) in [5, 5.41) is 0. The van der Waals surface area contributed by atoms with Gasteiger partial charge in [-0.1, -0.05) is 12.8 Å². The van der Waals surface area contributed by atoms with Crippen LogP contribution in [0, 0.1) is 25.1 Å². The molecule has 0 atom stereocenters. The first kappa shape index (κ1) is 13.2. The first-order valence-electron chi connectivity index (χ1n) is 5.59. The Morgan fingerprint density at radius 3 is 2.76 bits per heavy atom. The summed E-state index contributed by atoms with van der Waals surface area (Å²) in [6.07, 6.45) is 6.07. The molecule has 17 heavy (non-hydrogen) atoms. The van der Waals surface area contributed by atoms with Crippen molar-refractivity contribution in [1.29, 1.82) is 0 Å². The molecule has 0 unspecified atom stereocenters. The van der Waals surface area contributed by atoms with Crippen molar-refractivity contribution in [2.24, 2.45) is 0 Å². The minimum Gasteiger partial charge on any atom is -0.328 e. The van der Waals surface area contributed by atoms with E-state index in [0.29, 0.717) is 17.7 Å². The Kier molecular flexibility index (Phi) is 4.71. The molecule has 2 nitrogen and oxygen atoms in total. The van der Waals surface area contributed by atoms with E-state index in [-0.39, 0.29) is 18.3 Å². The van der Waals surface area contributed by atoms with Gasteiger partial charge in [-0.25, -0.2) is 4.39 Å². The third-order valence-corrected chi connectivity index (χ3v) is 2.48. The maximum Gasteiger partial charge on any atom is 0.254 e. The van der Waals surface area contributed by atoms with Crippen LogP contribution in [0.5, 0.6) is 0 Å². The highest BCUT2D eigenvalue weighted by molar-refractivity contribution is 5.95. The Morgan fingerprint density at radius 2 is 2.24 bits per heavy atom. The number of rotatable bonds is 4. The molecule has 0 heterocycles. The van der Waals surface area contributed by atoms with E-state index in [1.54, 1.807) is 11.8 Å². The molecule has 1 aromatic rings.